The molecule has 1 aromatic carbocycles. The Morgan fingerprint density at radius 3 is 2.87 bits per heavy atom. The maximum absolute atomic E-state index is 11.8. The molecule has 1 aromatic rings. The van der Waals surface area contributed by atoms with E-state index in [0.717, 1.165) is 5.56 Å². The second kappa shape index (κ2) is 3.38. The van der Waals surface area contributed by atoms with Crippen LogP contribution in [-0.4, -0.2) is 16.9 Å². The van der Waals surface area contributed by atoms with Crippen LogP contribution in [0.3, 0.4) is 0 Å². The number of carboxylic acids is 1. The number of anilines is 1. The number of hydrogen-bond donors (Lipinski definition) is 2. The summed E-state index contributed by atoms with van der Waals surface area (Å²) in [6.07, 6.45) is 0.373. The molecule has 0 saturated carbocycles. The van der Waals surface area contributed by atoms with Gasteiger partial charge >= 0.3 is 5.97 Å². The molecule has 1 atom stereocenters. The fraction of sp³-hybridized carbons (Fsp3) is 0.273. The number of nitrogen functional groups attached to an aromatic ring is 1. The highest BCUT2D eigenvalue weighted by molar-refractivity contribution is 6.07. The van der Waals surface area contributed by atoms with Crippen LogP contribution in [0.2, 0.25) is 0 Å². The number of fused-ring (bicyclic) bond motifs is 1. The number of carbonyl (C=O) groups is 2. The SMILES string of the molecule is Nc1cccc2c1C(=O)C(CC(=O)O)C2. The molecule has 0 saturated heterocycles. The van der Waals surface area contributed by atoms with Crippen molar-refractivity contribution in [3.05, 3.63) is 29.3 Å². The number of benzene rings is 1. The Morgan fingerprint density at radius 1 is 1.53 bits per heavy atom. The first-order valence-corrected chi connectivity index (χ1v) is 4.73. The highest BCUT2D eigenvalue weighted by Crippen LogP contribution is 2.32. The second-order valence-corrected chi connectivity index (χ2v) is 3.74. The maximum Gasteiger partial charge on any atom is 0.304 e. The van der Waals surface area contributed by atoms with Gasteiger partial charge < -0.3 is 10.8 Å². The lowest BCUT2D eigenvalue weighted by molar-refractivity contribution is -0.137. The first-order valence-electron chi connectivity index (χ1n) is 4.73. The molecule has 0 aromatic heterocycles. The van der Waals surface area contributed by atoms with Crippen LogP contribution in [0.25, 0.3) is 0 Å². The van der Waals surface area contributed by atoms with Crippen molar-refractivity contribution >= 4 is 17.4 Å². The molecule has 3 N–H and O–H groups in total. The maximum atomic E-state index is 11.8. The number of carbonyl (C=O) groups excluding carboxylic acids is 1. The first kappa shape index (κ1) is 9.71. The van der Waals surface area contributed by atoms with Gasteiger partial charge in [0.15, 0.2) is 5.78 Å². The first-order chi connectivity index (χ1) is 7.09. The number of ketones is 1. The van der Waals surface area contributed by atoms with Crippen LogP contribution in [-0.2, 0) is 11.2 Å². The molecule has 4 heteroatoms. The fourth-order valence-corrected chi connectivity index (χ4v) is 2.03. The number of nitrogens with two attached hydrogens (primary N) is 1. The molecule has 0 aliphatic heterocycles. The zero-order valence-electron chi connectivity index (χ0n) is 8.06. The Hall–Kier alpha value is -1.84. The topological polar surface area (TPSA) is 80.4 Å². The van der Waals surface area contributed by atoms with Gasteiger partial charge in [0.1, 0.15) is 0 Å². The quantitative estimate of drug-likeness (QED) is 0.708. The summed E-state index contributed by atoms with van der Waals surface area (Å²) in [5, 5.41) is 8.66. The summed E-state index contributed by atoms with van der Waals surface area (Å²) in [6.45, 7) is 0. The Labute approximate surface area is 86.7 Å². The summed E-state index contributed by atoms with van der Waals surface area (Å²) in [4.78, 5) is 22.4. The van der Waals surface area contributed by atoms with Crippen molar-refractivity contribution in [2.75, 3.05) is 5.73 Å². The van der Waals surface area contributed by atoms with Crippen LogP contribution in [0.5, 0.6) is 0 Å². The van der Waals surface area contributed by atoms with Gasteiger partial charge in [0, 0.05) is 17.2 Å². The Kier molecular flexibility index (Phi) is 2.19. The summed E-state index contributed by atoms with van der Waals surface area (Å²) in [5.74, 6) is -1.52. The van der Waals surface area contributed by atoms with E-state index in [1.165, 1.54) is 0 Å². The number of Topliss-reactive ketones (excluding diaryl/α,β-unsaturated/α-hetero) is 1. The summed E-state index contributed by atoms with van der Waals surface area (Å²) >= 11 is 0. The van der Waals surface area contributed by atoms with Crippen molar-refractivity contribution in [1.29, 1.82) is 0 Å². The van der Waals surface area contributed by atoms with Gasteiger partial charge in [-0.2, -0.15) is 0 Å². The van der Waals surface area contributed by atoms with Gasteiger partial charge in [-0.3, -0.25) is 9.59 Å². The molecule has 0 bridgehead atoms. The molecule has 0 spiro atoms. The van der Waals surface area contributed by atoms with Gasteiger partial charge in [-0.05, 0) is 18.1 Å². The molecule has 2 rings (SSSR count). The van der Waals surface area contributed by atoms with E-state index in [1.54, 1.807) is 12.1 Å². The minimum absolute atomic E-state index is 0.118. The molecular formula is C11H11NO3. The minimum Gasteiger partial charge on any atom is -0.481 e. The normalized spacial score (nSPS) is 18.9. The Bertz CT molecular complexity index is 439. The molecular weight excluding hydrogens is 194 g/mol. The highest BCUT2D eigenvalue weighted by Gasteiger charge is 2.33. The van der Waals surface area contributed by atoms with Crippen molar-refractivity contribution in [2.24, 2.45) is 5.92 Å². The largest absolute Gasteiger partial charge is 0.481 e. The predicted molar refractivity (Wildman–Crippen MR) is 54.6 cm³/mol. The highest BCUT2D eigenvalue weighted by atomic mass is 16.4. The van der Waals surface area contributed by atoms with Gasteiger partial charge in [0.25, 0.3) is 0 Å². The molecule has 0 amide bonds. The lowest BCUT2D eigenvalue weighted by atomic mass is 10.0. The third-order valence-electron chi connectivity index (χ3n) is 2.69. The van der Waals surface area contributed by atoms with Crippen molar-refractivity contribution in [3.63, 3.8) is 0 Å². The lowest BCUT2D eigenvalue weighted by Crippen LogP contribution is -2.14. The molecule has 15 heavy (non-hydrogen) atoms. The molecule has 1 unspecified atom stereocenters. The monoisotopic (exact) mass is 205 g/mol. The molecule has 0 heterocycles. The number of aliphatic carboxylic acids is 1. The number of carboxylic acid groups (broad SMARTS) is 1. The molecule has 0 radical (unpaired) electrons. The fourth-order valence-electron chi connectivity index (χ4n) is 2.03. The molecule has 1 aliphatic rings. The zero-order chi connectivity index (χ0) is 11.0. The summed E-state index contributed by atoms with van der Waals surface area (Å²) in [7, 11) is 0. The van der Waals surface area contributed by atoms with E-state index < -0.39 is 11.9 Å². The Balaban J connectivity index is 2.34. The van der Waals surface area contributed by atoms with E-state index in [2.05, 4.69) is 0 Å². The van der Waals surface area contributed by atoms with E-state index in [0.29, 0.717) is 17.7 Å². The summed E-state index contributed by atoms with van der Waals surface area (Å²) in [6, 6.07) is 5.27. The zero-order valence-corrected chi connectivity index (χ0v) is 8.06. The average molecular weight is 205 g/mol. The molecule has 0 fully saturated rings. The van der Waals surface area contributed by atoms with Crippen molar-refractivity contribution < 1.29 is 14.7 Å². The lowest BCUT2D eigenvalue weighted by Gasteiger charge is -2.02. The smallest absolute Gasteiger partial charge is 0.304 e. The predicted octanol–water partition coefficient (Wildman–Crippen LogP) is 1.10. The molecule has 1 aliphatic carbocycles. The molecule has 78 valence electrons. The third kappa shape index (κ3) is 1.58. The standard InChI is InChI=1S/C11H11NO3/c12-8-3-1-2-6-4-7(5-9(13)14)11(15)10(6)8/h1-3,7H,4-5,12H2,(H,13,14). The van der Waals surface area contributed by atoms with Crippen LogP contribution >= 0.6 is 0 Å². The molecule has 4 nitrogen and oxygen atoms in total. The van der Waals surface area contributed by atoms with Gasteiger partial charge in [-0.25, -0.2) is 0 Å². The van der Waals surface area contributed by atoms with Crippen LogP contribution < -0.4 is 5.73 Å². The van der Waals surface area contributed by atoms with E-state index in [1.807, 2.05) is 6.07 Å². The van der Waals surface area contributed by atoms with Crippen LogP contribution in [0.4, 0.5) is 5.69 Å². The average Bonchev–Trinajstić information content (AvgIpc) is 2.44. The number of hydrogen-bond acceptors (Lipinski definition) is 3. The van der Waals surface area contributed by atoms with Crippen LogP contribution in [0.15, 0.2) is 18.2 Å². The summed E-state index contributed by atoms with van der Waals surface area (Å²) in [5.41, 5.74) is 7.52. The van der Waals surface area contributed by atoms with Gasteiger partial charge in [-0.1, -0.05) is 12.1 Å². The van der Waals surface area contributed by atoms with Crippen molar-refractivity contribution in [3.8, 4) is 0 Å². The Morgan fingerprint density at radius 2 is 2.27 bits per heavy atom. The second-order valence-electron chi connectivity index (χ2n) is 3.74. The van der Waals surface area contributed by atoms with E-state index in [9.17, 15) is 9.59 Å². The van der Waals surface area contributed by atoms with Gasteiger partial charge in [0.2, 0.25) is 0 Å². The minimum atomic E-state index is -0.945. The van der Waals surface area contributed by atoms with Crippen LogP contribution in [0, 0.1) is 5.92 Å². The number of rotatable bonds is 2. The third-order valence-corrected chi connectivity index (χ3v) is 2.69. The van der Waals surface area contributed by atoms with E-state index >= 15 is 0 Å². The van der Waals surface area contributed by atoms with Crippen molar-refractivity contribution in [1.82, 2.24) is 0 Å². The van der Waals surface area contributed by atoms with E-state index in [4.69, 9.17) is 10.8 Å². The summed E-state index contributed by atoms with van der Waals surface area (Å²) < 4.78 is 0. The van der Waals surface area contributed by atoms with Crippen LogP contribution in [0.1, 0.15) is 22.3 Å². The van der Waals surface area contributed by atoms with Crippen molar-refractivity contribution in [2.45, 2.75) is 12.8 Å². The van der Waals surface area contributed by atoms with Gasteiger partial charge in [0.05, 0.1) is 6.42 Å². The van der Waals surface area contributed by atoms with E-state index in [-0.39, 0.29) is 12.2 Å². The van der Waals surface area contributed by atoms with Gasteiger partial charge in [-0.15, -0.1) is 0 Å².